The Morgan fingerprint density at radius 1 is 1.35 bits per heavy atom. The fraction of sp³-hybridized carbons (Fsp3) is 0.625. The second-order valence-corrected chi connectivity index (χ2v) is 7.36. The van der Waals surface area contributed by atoms with Crippen LogP contribution in [0.2, 0.25) is 0 Å². The molecule has 1 aliphatic rings. The Balaban J connectivity index is 2.14. The Bertz CT molecular complexity index is 475. The van der Waals surface area contributed by atoms with E-state index in [0.717, 1.165) is 17.9 Å². The number of nitro groups is 1. The largest absolute Gasteiger partial charge is 0.272 e. The normalized spacial score (nSPS) is 26.7. The van der Waals surface area contributed by atoms with Crippen molar-refractivity contribution in [3.63, 3.8) is 0 Å². The molecule has 0 aliphatic heterocycles. The molecule has 0 bridgehead atoms. The van der Waals surface area contributed by atoms with E-state index in [1.165, 1.54) is 19.3 Å². The predicted octanol–water partition coefficient (Wildman–Crippen LogP) is 4.97. The minimum atomic E-state index is -0.263. The molecule has 0 radical (unpaired) electrons. The topological polar surface area (TPSA) is 43.1 Å². The standard InChI is InChI=1S/C16H22BrNO2/c1-11(2)12-7-8-15(17)14(9-12)10-13-5-3-4-6-16(13)18(19)20/h3-6,11-12,14-15H,7-10H2,1-2H3. The lowest BCUT2D eigenvalue weighted by atomic mass is 9.74. The smallest absolute Gasteiger partial charge is 0.258 e. The number of halogens is 1. The molecule has 0 aromatic heterocycles. The maximum atomic E-state index is 11.1. The van der Waals surface area contributed by atoms with Crippen molar-refractivity contribution in [2.75, 3.05) is 0 Å². The number of hydrogen-bond acceptors (Lipinski definition) is 2. The molecule has 0 N–H and O–H groups in total. The summed E-state index contributed by atoms with van der Waals surface area (Å²) in [4.78, 5) is 11.3. The molecule has 1 aliphatic carbocycles. The Hall–Kier alpha value is -0.900. The lowest BCUT2D eigenvalue weighted by Crippen LogP contribution is -2.29. The minimum absolute atomic E-state index is 0.263. The van der Waals surface area contributed by atoms with Gasteiger partial charge in [-0.2, -0.15) is 0 Å². The van der Waals surface area contributed by atoms with Crippen LogP contribution in [0.1, 0.15) is 38.7 Å². The summed E-state index contributed by atoms with van der Waals surface area (Å²) in [6.45, 7) is 4.56. The minimum Gasteiger partial charge on any atom is -0.258 e. The van der Waals surface area contributed by atoms with Crippen molar-refractivity contribution < 1.29 is 4.92 Å². The molecule has 110 valence electrons. The first kappa shape index (κ1) is 15.5. The van der Waals surface area contributed by atoms with Gasteiger partial charge in [-0.15, -0.1) is 0 Å². The fourth-order valence-electron chi connectivity index (χ4n) is 3.22. The first-order valence-corrected chi connectivity index (χ1v) is 8.27. The van der Waals surface area contributed by atoms with Gasteiger partial charge in [0.15, 0.2) is 0 Å². The van der Waals surface area contributed by atoms with Crippen LogP contribution in [0.25, 0.3) is 0 Å². The van der Waals surface area contributed by atoms with E-state index in [9.17, 15) is 10.1 Å². The third-order valence-corrected chi connectivity index (χ3v) is 5.75. The van der Waals surface area contributed by atoms with Gasteiger partial charge in [-0.1, -0.05) is 48.0 Å². The Morgan fingerprint density at radius 3 is 2.70 bits per heavy atom. The monoisotopic (exact) mass is 339 g/mol. The Morgan fingerprint density at radius 2 is 2.05 bits per heavy atom. The second-order valence-electron chi connectivity index (χ2n) is 6.18. The Kier molecular flexibility index (Phi) is 5.19. The zero-order valence-corrected chi connectivity index (χ0v) is 13.7. The van der Waals surface area contributed by atoms with Crippen LogP contribution < -0.4 is 0 Å². The lowest BCUT2D eigenvalue weighted by Gasteiger charge is -2.35. The third kappa shape index (κ3) is 3.60. The summed E-state index contributed by atoms with van der Waals surface area (Å²) in [5.74, 6) is 1.94. The van der Waals surface area contributed by atoms with Crippen LogP contribution in [0, 0.1) is 27.9 Å². The molecule has 2 rings (SSSR count). The average molecular weight is 340 g/mol. The molecule has 3 atom stereocenters. The van der Waals surface area contributed by atoms with E-state index >= 15 is 0 Å². The van der Waals surface area contributed by atoms with E-state index in [4.69, 9.17) is 0 Å². The lowest BCUT2D eigenvalue weighted by molar-refractivity contribution is -0.385. The SMILES string of the molecule is CC(C)C1CCC(Br)C(Cc2ccccc2[N+](=O)[O-])C1. The molecule has 3 nitrogen and oxygen atoms in total. The first-order valence-electron chi connectivity index (χ1n) is 7.35. The van der Waals surface area contributed by atoms with Gasteiger partial charge in [-0.25, -0.2) is 0 Å². The molecule has 1 saturated carbocycles. The number of nitro benzene ring substituents is 1. The van der Waals surface area contributed by atoms with Crippen molar-refractivity contribution in [2.45, 2.75) is 44.4 Å². The Labute approximate surface area is 129 Å². The fourth-order valence-corrected chi connectivity index (χ4v) is 3.89. The summed E-state index contributed by atoms with van der Waals surface area (Å²) >= 11 is 3.78. The molecule has 3 unspecified atom stereocenters. The molecular weight excluding hydrogens is 318 g/mol. The van der Waals surface area contributed by atoms with Crippen molar-refractivity contribution in [3.05, 3.63) is 39.9 Å². The van der Waals surface area contributed by atoms with Crippen LogP contribution in [0.15, 0.2) is 24.3 Å². The van der Waals surface area contributed by atoms with Crippen molar-refractivity contribution in [3.8, 4) is 0 Å². The summed E-state index contributed by atoms with van der Waals surface area (Å²) in [5, 5.41) is 11.1. The second kappa shape index (κ2) is 6.70. The van der Waals surface area contributed by atoms with Gasteiger partial charge in [0.2, 0.25) is 0 Å². The third-order valence-electron chi connectivity index (χ3n) is 4.54. The predicted molar refractivity (Wildman–Crippen MR) is 85.2 cm³/mol. The number of nitrogens with zero attached hydrogens (tertiary/aromatic N) is 1. The average Bonchev–Trinajstić information content (AvgIpc) is 2.41. The van der Waals surface area contributed by atoms with Gasteiger partial charge in [0.05, 0.1) is 4.92 Å². The molecule has 20 heavy (non-hydrogen) atoms. The summed E-state index contributed by atoms with van der Waals surface area (Å²) in [5.41, 5.74) is 1.13. The van der Waals surface area contributed by atoms with Gasteiger partial charge < -0.3 is 0 Å². The van der Waals surface area contributed by atoms with Crippen LogP contribution in [0.3, 0.4) is 0 Å². The van der Waals surface area contributed by atoms with Gasteiger partial charge in [0, 0.05) is 16.5 Å². The van der Waals surface area contributed by atoms with Crippen LogP contribution in [0.4, 0.5) is 5.69 Å². The molecule has 0 heterocycles. The maximum absolute atomic E-state index is 11.1. The molecule has 1 aromatic rings. The molecule has 0 amide bonds. The van der Waals surface area contributed by atoms with Crippen molar-refractivity contribution in [1.82, 2.24) is 0 Å². The van der Waals surface area contributed by atoms with Crippen LogP contribution in [-0.2, 0) is 6.42 Å². The zero-order chi connectivity index (χ0) is 14.7. The number of benzene rings is 1. The highest BCUT2D eigenvalue weighted by Crippen LogP contribution is 2.39. The van der Waals surface area contributed by atoms with Crippen molar-refractivity contribution >= 4 is 21.6 Å². The van der Waals surface area contributed by atoms with Gasteiger partial charge in [0.25, 0.3) is 5.69 Å². The molecule has 1 aromatic carbocycles. The maximum Gasteiger partial charge on any atom is 0.272 e. The number of hydrogen-bond donors (Lipinski definition) is 0. The van der Waals surface area contributed by atoms with Crippen LogP contribution in [-0.4, -0.2) is 9.75 Å². The van der Waals surface area contributed by atoms with Gasteiger partial charge >= 0.3 is 0 Å². The van der Waals surface area contributed by atoms with Crippen LogP contribution >= 0.6 is 15.9 Å². The number of rotatable bonds is 4. The molecule has 4 heteroatoms. The first-order chi connectivity index (χ1) is 9.49. The highest BCUT2D eigenvalue weighted by molar-refractivity contribution is 9.09. The van der Waals surface area contributed by atoms with E-state index in [1.807, 2.05) is 12.1 Å². The van der Waals surface area contributed by atoms with Crippen LogP contribution in [0.5, 0.6) is 0 Å². The molecule has 0 spiro atoms. The van der Waals surface area contributed by atoms with E-state index in [2.05, 4.69) is 29.8 Å². The highest BCUT2D eigenvalue weighted by Gasteiger charge is 2.31. The zero-order valence-electron chi connectivity index (χ0n) is 12.1. The van der Waals surface area contributed by atoms with E-state index in [1.54, 1.807) is 12.1 Å². The molecule has 0 saturated heterocycles. The van der Waals surface area contributed by atoms with Crippen molar-refractivity contribution in [1.29, 1.82) is 0 Å². The summed E-state index contributed by atoms with van der Waals surface area (Å²) in [6.07, 6.45) is 4.41. The molecular formula is C16H22BrNO2. The highest BCUT2D eigenvalue weighted by atomic mass is 79.9. The summed E-state index contributed by atoms with van der Waals surface area (Å²) in [6, 6.07) is 7.15. The summed E-state index contributed by atoms with van der Waals surface area (Å²) in [7, 11) is 0. The quantitative estimate of drug-likeness (QED) is 0.441. The van der Waals surface area contributed by atoms with Crippen molar-refractivity contribution in [2.24, 2.45) is 17.8 Å². The van der Waals surface area contributed by atoms with Gasteiger partial charge in [-0.3, -0.25) is 10.1 Å². The van der Waals surface area contributed by atoms with Gasteiger partial charge in [0.1, 0.15) is 0 Å². The summed E-state index contributed by atoms with van der Waals surface area (Å²) < 4.78 is 0. The van der Waals surface area contributed by atoms with Gasteiger partial charge in [-0.05, 0) is 43.4 Å². The molecule has 1 fully saturated rings. The van der Waals surface area contributed by atoms with E-state index < -0.39 is 0 Å². The number of para-hydroxylation sites is 1. The van der Waals surface area contributed by atoms with E-state index in [0.29, 0.717) is 16.7 Å². The van der Waals surface area contributed by atoms with E-state index in [-0.39, 0.29) is 10.6 Å². The number of alkyl halides is 1.